The molecule has 0 fully saturated rings. The molecule has 3 rings (SSSR count). The molecule has 0 aromatic heterocycles. The van der Waals surface area contributed by atoms with E-state index in [1.165, 1.54) is 0 Å². The van der Waals surface area contributed by atoms with Crippen LogP contribution in [0.2, 0.25) is 0 Å². The number of aryl methyl sites for hydroxylation is 3. The van der Waals surface area contributed by atoms with E-state index in [9.17, 15) is 14.4 Å². The molecular formula is C35H45N3O4. The van der Waals surface area contributed by atoms with Crippen molar-refractivity contribution in [2.75, 3.05) is 11.9 Å². The Labute approximate surface area is 250 Å². The molecule has 224 valence electrons. The first-order chi connectivity index (χ1) is 19.9. The molecule has 3 amide bonds. The van der Waals surface area contributed by atoms with Crippen LogP contribution in [0.3, 0.4) is 0 Å². The lowest BCUT2D eigenvalue weighted by Gasteiger charge is -2.35. The minimum absolute atomic E-state index is 0.251. The number of hydrogen-bond acceptors (Lipinski definition) is 4. The molecule has 3 aromatic carbocycles. The van der Waals surface area contributed by atoms with Crippen molar-refractivity contribution in [1.29, 1.82) is 0 Å². The Morgan fingerprint density at radius 3 is 2.10 bits per heavy atom. The van der Waals surface area contributed by atoms with E-state index in [-0.39, 0.29) is 18.2 Å². The molecule has 0 saturated heterocycles. The number of carbonyl (C=O) groups is 3. The summed E-state index contributed by atoms with van der Waals surface area (Å²) in [6.45, 7) is 13.6. The van der Waals surface area contributed by atoms with Crippen LogP contribution in [0.1, 0.15) is 74.4 Å². The Balaban J connectivity index is 2.09. The Kier molecular flexibility index (Phi) is 11.3. The van der Waals surface area contributed by atoms with Gasteiger partial charge in [0.25, 0.3) is 5.91 Å². The van der Waals surface area contributed by atoms with Gasteiger partial charge in [0.15, 0.2) is 0 Å². The lowest BCUT2D eigenvalue weighted by molar-refractivity contribution is -0.140. The molecule has 0 spiro atoms. The molecule has 0 bridgehead atoms. The quantitative estimate of drug-likeness (QED) is 0.258. The van der Waals surface area contributed by atoms with Crippen LogP contribution in [-0.4, -0.2) is 41.0 Å². The van der Waals surface area contributed by atoms with Crippen molar-refractivity contribution in [3.05, 3.63) is 101 Å². The Bertz CT molecular complexity index is 1340. The molecule has 3 aromatic rings. The van der Waals surface area contributed by atoms with Gasteiger partial charge in [-0.1, -0.05) is 91.2 Å². The summed E-state index contributed by atoms with van der Waals surface area (Å²) in [5.74, 6) is -0.656. The van der Waals surface area contributed by atoms with Gasteiger partial charge in [0.05, 0.1) is 0 Å². The Morgan fingerprint density at radius 1 is 0.881 bits per heavy atom. The van der Waals surface area contributed by atoms with Gasteiger partial charge in [0.1, 0.15) is 17.7 Å². The molecule has 0 aliphatic heterocycles. The molecule has 2 unspecified atom stereocenters. The summed E-state index contributed by atoms with van der Waals surface area (Å²) < 4.78 is 5.53. The second-order valence-electron chi connectivity index (χ2n) is 11.9. The monoisotopic (exact) mass is 571 g/mol. The zero-order chi connectivity index (χ0) is 30.9. The van der Waals surface area contributed by atoms with Crippen LogP contribution in [0.4, 0.5) is 10.5 Å². The smallest absolute Gasteiger partial charge is 0.408 e. The molecule has 7 nitrogen and oxygen atoms in total. The van der Waals surface area contributed by atoms with Crippen molar-refractivity contribution >= 4 is 23.6 Å². The van der Waals surface area contributed by atoms with E-state index in [0.29, 0.717) is 18.7 Å². The topological polar surface area (TPSA) is 87.7 Å². The normalized spacial score (nSPS) is 12.6. The van der Waals surface area contributed by atoms with Crippen molar-refractivity contribution in [2.24, 2.45) is 0 Å². The van der Waals surface area contributed by atoms with Crippen LogP contribution >= 0.6 is 0 Å². The number of hydrogen-bond donors (Lipinski definition) is 2. The lowest BCUT2D eigenvalue weighted by Crippen LogP contribution is -2.53. The maximum Gasteiger partial charge on any atom is 0.408 e. The summed E-state index contributed by atoms with van der Waals surface area (Å²) in [6.07, 6.45) is 1.08. The molecule has 42 heavy (non-hydrogen) atoms. The number of para-hydroxylation sites is 1. The predicted octanol–water partition coefficient (Wildman–Crippen LogP) is 7.06. The zero-order valence-electron chi connectivity index (χ0n) is 26.0. The number of unbranched alkanes of at least 4 members (excludes halogenated alkanes) is 1. The number of carbonyl (C=O) groups excluding carboxylic acids is 3. The largest absolute Gasteiger partial charge is 0.444 e. The SMILES string of the molecule is CCCCN(C(=O)C(Cc1ccccc1)NC(=O)OC(C)(C)C)C(C(=O)Nc1ccccc1C)c1cc(C)cc(C)c1. The lowest BCUT2D eigenvalue weighted by atomic mass is 9.97. The van der Waals surface area contributed by atoms with E-state index in [1.54, 1.807) is 25.7 Å². The van der Waals surface area contributed by atoms with E-state index < -0.39 is 23.8 Å². The van der Waals surface area contributed by atoms with Crippen LogP contribution in [0.15, 0.2) is 72.8 Å². The number of ether oxygens (including phenoxy) is 1. The third kappa shape index (κ3) is 9.47. The van der Waals surface area contributed by atoms with Crippen molar-refractivity contribution in [2.45, 2.75) is 85.4 Å². The minimum atomic E-state index is -0.946. The Hall–Kier alpha value is -4.13. The van der Waals surface area contributed by atoms with E-state index in [2.05, 4.69) is 10.6 Å². The van der Waals surface area contributed by atoms with Gasteiger partial charge in [-0.15, -0.1) is 0 Å². The van der Waals surface area contributed by atoms with Crippen molar-refractivity contribution in [1.82, 2.24) is 10.2 Å². The number of anilines is 1. The first-order valence-corrected chi connectivity index (χ1v) is 14.7. The molecule has 0 aliphatic rings. The summed E-state index contributed by atoms with van der Waals surface area (Å²) in [7, 11) is 0. The van der Waals surface area contributed by atoms with Gasteiger partial charge in [0.2, 0.25) is 5.91 Å². The highest BCUT2D eigenvalue weighted by Gasteiger charge is 2.36. The number of nitrogens with zero attached hydrogens (tertiary/aromatic N) is 1. The fourth-order valence-electron chi connectivity index (χ4n) is 4.95. The number of rotatable bonds is 11. The standard InChI is InChI=1S/C35H45N3O4/c1-8-9-19-38(33(40)30(23-27-16-11-10-12-17-27)37-34(41)42-35(5,6)7)31(28-21-24(2)20-25(3)22-28)32(39)36-29-18-14-13-15-26(29)4/h10-18,20-22,30-31H,8-9,19,23H2,1-7H3,(H,36,39)(H,37,41). The maximum atomic E-state index is 14.5. The number of benzene rings is 3. The van der Waals surface area contributed by atoms with Gasteiger partial charge in [0, 0.05) is 18.7 Å². The molecular weight excluding hydrogens is 526 g/mol. The predicted molar refractivity (Wildman–Crippen MR) is 168 cm³/mol. The van der Waals surface area contributed by atoms with Gasteiger partial charge < -0.3 is 20.3 Å². The fraction of sp³-hybridized carbons (Fsp3) is 0.400. The minimum Gasteiger partial charge on any atom is -0.444 e. The zero-order valence-corrected chi connectivity index (χ0v) is 26.0. The molecule has 2 atom stereocenters. The van der Waals surface area contributed by atoms with E-state index in [1.807, 2.05) is 100 Å². The van der Waals surface area contributed by atoms with Crippen molar-refractivity contribution < 1.29 is 19.1 Å². The third-order valence-electron chi connectivity index (χ3n) is 6.83. The first-order valence-electron chi connectivity index (χ1n) is 14.7. The van der Waals surface area contributed by atoms with Gasteiger partial charge in [-0.3, -0.25) is 9.59 Å². The van der Waals surface area contributed by atoms with Crippen molar-refractivity contribution in [3.8, 4) is 0 Å². The second-order valence-corrected chi connectivity index (χ2v) is 11.9. The molecule has 2 N–H and O–H groups in total. The summed E-state index contributed by atoms with van der Waals surface area (Å²) >= 11 is 0. The third-order valence-corrected chi connectivity index (χ3v) is 6.83. The van der Waals surface area contributed by atoms with Crippen LogP contribution in [-0.2, 0) is 20.7 Å². The number of nitrogens with one attached hydrogen (secondary N) is 2. The molecule has 0 aliphatic carbocycles. The average Bonchev–Trinajstić information content (AvgIpc) is 2.90. The van der Waals surface area contributed by atoms with Crippen LogP contribution < -0.4 is 10.6 Å². The first kappa shape index (κ1) is 32.4. The van der Waals surface area contributed by atoms with Gasteiger partial charge in [-0.2, -0.15) is 0 Å². The van der Waals surface area contributed by atoms with Gasteiger partial charge >= 0.3 is 6.09 Å². The summed E-state index contributed by atoms with van der Waals surface area (Å²) in [4.78, 5) is 43.3. The fourth-order valence-corrected chi connectivity index (χ4v) is 4.95. The van der Waals surface area contributed by atoms with E-state index >= 15 is 0 Å². The Morgan fingerprint density at radius 2 is 1.50 bits per heavy atom. The molecule has 0 saturated carbocycles. The molecule has 7 heteroatoms. The van der Waals surface area contributed by atoms with Crippen LogP contribution in [0, 0.1) is 20.8 Å². The highest BCUT2D eigenvalue weighted by atomic mass is 16.6. The van der Waals surface area contributed by atoms with Gasteiger partial charge in [-0.25, -0.2) is 4.79 Å². The highest BCUT2D eigenvalue weighted by Crippen LogP contribution is 2.28. The molecule has 0 radical (unpaired) electrons. The van der Waals surface area contributed by atoms with Gasteiger partial charge in [-0.05, 0) is 70.7 Å². The second kappa shape index (κ2) is 14.7. The number of amides is 3. The molecule has 0 heterocycles. The van der Waals surface area contributed by atoms with E-state index in [4.69, 9.17) is 4.74 Å². The summed E-state index contributed by atoms with van der Waals surface area (Å²) in [5, 5.41) is 5.90. The summed E-state index contributed by atoms with van der Waals surface area (Å²) in [5.41, 5.74) is 4.47. The average molecular weight is 572 g/mol. The summed E-state index contributed by atoms with van der Waals surface area (Å²) in [6, 6.07) is 21.2. The van der Waals surface area contributed by atoms with E-state index in [0.717, 1.165) is 34.2 Å². The number of alkyl carbamates (subject to hydrolysis) is 1. The maximum absolute atomic E-state index is 14.5. The highest BCUT2D eigenvalue weighted by molar-refractivity contribution is 5.99. The van der Waals surface area contributed by atoms with Crippen LogP contribution in [0.5, 0.6) is 0 Å². The van der Waals surface area contributed by atoms with Crippen LogP contribution in [0.25, 0.3) is 0 Å². The van der Waals surface area contributed by atoms with Crippen molar-refractivity contribution in [3.63, 3.8) is 0 Å².